The average Bonchev–Trinajstić information content (AvgIpc) is 3.21. The number of nitrogens with zero attached hydrogens (tertiary/aromatic N) is 3. The second kappa shape index (κ2) is 12.7. The van der Waals surface area contributed by atoms with Crippen LogP contribution in [0.2, 0.25) is 0 Å². The molecule has 3 unspecified atom stereocenters. The standard InChI is InChI=1S/C24H29F3N2O.C5H6N2O2/c1-17(19-7-3-2-4-8-19)10-11-29-15-22-21(23(22)16-29)14-28-13-18-6-5-9-20(12-18)30-24(25,26)27;1-7-2-4(5(8)9)6-3-7/h2-9,12,17,21-23,28H,10-11,13-16H2,1H3;2-3H,1H3,(H,8,9). The number of ether oxygens (including phenoxy) is 1. The van der Waals surface area contributed by atoms with Gasteiger partial charge in [-0.3, -0.25) is 0 Å². The molecule has 1 aromatic heterocycles. The summed E-state index contributed by atoms with van der Waals surface area (Å²) in [5.74, 6) is 1.66. The fourth-order valence-corrected chi connectivity index (χ4v) is 5.31. The molecular formula is C29H35F3N4O3. The van der Waals surface area contributed by atoms with Gasteiger partial charge in [0.25, 0.3) is 0 Å². The minimum Gasteiger partial charge on any atom is -0.476 e. The Bertz CT molecular complexity index is 1210. The number of imidazole rings is 1. The van der Waals surface area contributed by atoms with Gasteiger partial charge in [-0.1, -0.05) is 49.4 Å². The summed E-state index contributed by atoms with van der Waals surface area (Å²) in [6, 6.07) is 16.9. The van der Waals surface area contributed by atoms with Crippen LogP contribution in [0.4, 0.5) is 13.2 Å². The largest absolute Gasteiger partial charge is 0.573 e. The molecule has 210 valence electrons. The number of hydrogen-bond acceptors (Lipinski definition) is 5. The summed E-state index contributed by atoms with van der Waals surface area (Å²) in [5, 5.41) is 11.7. The summed E-state index contributed by atoms with van der Waals surface area (Å²) in [4.78, 5) is 16.3. The highest BCUT2D eigenvalue weighted by Crippen LogP contribution is 2.51. The molecule has 1 aliphatic heterocycles. The molecule has 2 heterocycles. The molecule has 0 radical (unpaired) electrons. The molecule has 3 aromatic rings. The van der Waals surface area contributed by atoms with Crippen molar-refractivity contribution in [1.29, 1.82) is 0 Å². The molecule has 2 fully saturated rings. The first-order valence-electron chi connectivity index (χ1n) is 13.1. The second-order valence-corrected chi connectivity index (χ2v) is 10.4. The number of benzene rings is 2. The number of carboxylic acid groups (broad SMARTS) is 1. The molecule has 0 bridgehead atoms. The summed E-state index contributed by atoms with van der Waals surface area (Å²) in [6.07, 6.45) is -0.573. The molecule has 1 saturated heterocycles. The molecule has 5 rings (SSSR count). The smallest absolute Gasteiger partial charge is 0.476 e. The van der Waals surface area contributed by atoms with Gasteiger partial charge in [-0.15, -0.1) is 13.2 Å². The number of carbonyl (C=O) groups is 1. The van der Waals surface area contributed by atoms with Crippen molar-refractivity contribution >= 4 is 5.97 Å². The minimum atomic E-state index is -4.65. The first-order valence-corrected chi connectivity index (χ1v) is 13.1. The van der Waals surface area contributed by atoms with Gasteiger partial charge in [-0.05, 0) is 66.4 Å². The van der Waals surface area contributed by atoms with Crippen LogP contribution in [0.1, 0.15) is 40.9 Å². The van der Waals surface area contributed by atoms with E-state index in [9.17, 15) is 18.0 Å². The molecular weight excluding hydrogens is 509 g/mol. The number of aromatic carboxylic acids is 1. The zero-order chi connectivity index (χ0) is 28.0. The van der Waals surface area contributed by atoms with E-state index in [-0.39, 0.29) is 11.4 Å². The lowest BCUT2D eigenvalue weighted by atomic mass is 9.98. The number of alkyl halides is 3. The number of likely N-dealkylation sites (tertiary alicyclic amines) is 1. The van der Waals surface area contributed by atoms with Crippen molar-refractivity contribution in [2.24, 2.45) is 24.8 Å². The van der Waals surface area contributed by atoms with Gasteiger partial charge in [0, 0.05) is 32.9 Å². The summed E-state index contributed by atoms with van der Waals surface area (Å²) >= 11 is 0. The fraction of sp³-hybridized carbons (Fsp3) is 0.448. The lowest BCUT2D eigenvalue weighted by molar-refractivity contribution is -0.274. The minimum absolute atomic E-state index is 0.0810. The van der Waals surface area contributed by atoms with Crippen LogP contribution in [-0.2, 0) is 13.6 Å². The van der Waals surface area contributed by atoms with Crippen molar-refractivity contribution in [1.82, 2.24) is 19.8 Å². The summed E-state index contributed by atoms with van der Waals surface area (Å²) in [6.45, 7) is 7.28. The van der Waals surface area contributed by atoms with Gasteiger partial charge in [0.05, 0.1) is 6.33 Å². The Balaban J connectivity index is 0.000000333. The quantitative estimate of drug-likeness (QED) is 0.367. The lowest BCUT2D eigenvalue weighted by Gasteiger charge is -2.22. The Morgan fingerprint density at radius 2 is 1.87 bits per heavy atom. The molecule has 1 aliphatic carbocycles. The van der Waals surface area contributed by atoms with Gasteiger partial charge in [-0.2, -0.15) is 0 Å². The predicted octanol–water partition coefficient (Wildman–Crippen LogP) is 5.16. The van der Waals surface area contributed by atoms with E-state index in [0.29, 0.717) is 18.4 Å². The van der Waals surface area contributed by atoms with E-state index in [4.69, 9.17) is 5.11 Å². The van der Waals surface area contributed by atoms with Crippen molar-refractivity contribution in [3.63, 3.8) is 0 Å². The van der Waals surface area contributed by atoms with E-state index < -0.39 is 12.3 Å². The van der Waals surface area contributed by atoms with Crippen molar-refractivity contribution in [3.8, 4) is 5.75 Å². The van der Waals surface area contributed by atoms with Crippen LogP contribution in [0.15, 0.2) is 67.1 Å². The molecule has 2 aromatic carbocycles. The Kier molecular flexibility index (Phi) is 9.29. The third-order valence-corrected chi connectivity index (χ3v) is 7.46. The van der Waals surface area contributed by atoms with Crippen molar-refractivity contribution in [3.05, 3.63) is 83.9 Å². The Morgan fingerprint density at radius 1 is 1.15 bits per heavy atom. The van der Waals surface area contributed by atoms with E-state index in [0.717, 1.165) is 30.5 Å². The summed E-state index contributed by atoms with van der Waals surface area (Å²) < 4.78 is 42.6. The van der Waals surface area contributed by atoms with Gasteiger partial charge in [0.15, 0.2) is 5.69 Å². The molecule has 39 heavy (non-hydrogen) atoms. The van der Waals surface area contributed by atoms with Gasteiger partial charge in [0.1, 0.15) is 5.75 Å². The molecule has 2 aliphatic rings. The molecule has 1 saturated carbocycles. The highest BCUT2D eigenvalue weighted by atomic mass is 19.4. The number of carboxylic acids is 1. The Hall–Kier alpha value is -3.37. The maximum absolute atomic E-state index is 12.3. The molecule has 0 spiro atoms. The topological polar surface area (TPSA) is 79.6 Å². The van der Waals surface area contributed by atoms with Crippen LogP contribution in [0, 0.1) is 17.8 Å². The fourth-order valence-electron chi connectivity index (χ4n) is 5.31. The first-order chi connectivity index (χ1) is 18.6. The van der Waals surface area contributed by atoms with Crippen molar-refractivity contribution < 1.29 is 27.8 Å². The molecule has 10 heteroatoms. The number of fused-ring (bicyclic) bond motifs is 1. The third kappa shape index (κ3) is 8.56. The van der Waals surface area contributed by atoms with Crippen LogP contribution in [0.25, 0.3) is 0 Å². The van der Waals surface area contributed by atoms with Crippen LogP contribution < -0.4 is 10.1 Å². The Labute approximate surface area is 226 Å². The van der Waals surface area contributed by atoms with Gasteiger partial charge < -0.3 is 24.6 Å². The SMILES string of the molecule is CC(CCN1CC2C(CNCc3cccc(OC(F)(F)F)c3)C2C1)c1ccccc1.Cn1cnc(C(=O)O)c1. The number of piperidine rings is 1. The predicted molar refractivity (Wildman–Crippen MR) is 141 cm³/mol. The van der Waals surface area contributed by atoms with Crippen LogP contribution >= 0.6 is 0 Å². The van der Waals surface area contributed by atoms with Crippen LogP contribution in [0.5, 0.6) is 5.75 Å². The second-order valence-electron chi connectivity index (χ2n) is 10.4. The molecule has 2 N–H and O–H groups in total. The number of aryl methyl sites for hydroxylation is 1. The van der Waals surface area contributed by atoms with E-state index >= 15 is 0 Å². The number of hydrogen-bond donors (Lipinski definition) is 2. The molecule has 7 nitrogen and oxygen atoms in total. The van der Waals surface area contributed by atoms with Gasteiger partial charge in [0.2, 0.25) is 0 Å². The zero-order valence-electron chi connectivity index (χ0n) is 22.1. The van der Waals surface area contributed by atoms with Crippen LogP contribution in [-0.4, -0.2) is 58.1 Å². The normalized spacial score (nSPS) is 21.0. The average molecular weight is 545 g/mol. The van der Waals surface area contributed by atoms with E-state index in [1.54, 1.807) is 17.7 Å². The maximum atomic E-state index is 12.3. The highest BCUT2D eigenvalue weighted by Gasteiger charge is 2.54. The van der Waals surface area contributed by atoms with Crippen molar-refractivity contribution in [2.75, 3.05) is 26.2 Å². The van der Waals surface area contributed by atoms with E-state index in [1.165, 1.54) is 49.7 Å². The number of rotatable bonds is 10. The summed E-state index contributed by atoms with van der Waals surface area (Å²) in [5.41, 5.74) is 2.30. The monoisotopic (exact) mass is 544 g/mol. The Morgan fingerprint density at radius 3 is 2.46 bits per heavy atom. The summed E-state index contributed by atoms with van der Waals surface area (Å²) in [7, 11) is 1.72. The highest BCUT2D eigenvalue weighted by molar-refractivity contribution is 5.84. The van der Waals surface area contributed by atoms with Crippen molar-refractivity contribution in [2.45, 2.75) is 32.2 Å². The molecule has 3 atom stereocenters. The number of nitrogens with one attached hydrogen (secondary N) is 1. The number of halogens is 3. The molecule has 0 amide bonds. The first kappa shape index (κ1) is 28.6. The third-order valence-electron chi connectivity index (χ3n) is 7.46. The van der Waals surface area contributed by atoms with E-state index in [2.05, 4.69) is 57.2 Å². The van der Waals surface area contributed by atoms with Crippen LogP contribution in [0.3, 0.4) is 0 Å². The zero-order valence-corrected chi connectivity index (χ0v) is 22.1. The maximum Gasteiger partial charge on any atom is 0.573 e. The van der Waals surface area contributed by atoms with E-state index in [1.807, 2.05) is 6.07 Å². The van der Waals surface area contributed by atoms with Gasteiger partial charge in [-0.25, -0.2) is 9.78 Å². The lowest BCUT2D eigenvalue weighted by Crippen LogP contribution is -2.29. The number of aromatic nitrogens is 2. The van der Waals surface area contributed by atoms with Gasteiger partial charge >= 0.3 is 12.3 Å².